The van der Waals surface area contributed by atoms with Crippen molar-refractivity contribution in [3.63, 3.8) is 0 Å². The van der Waals surface area contributed by atoms with E-state index in [0.29, 0.717) is 26.2 Å². The van der Waals surface area contributed by atoms with Crippen LogP contribution in [0.2, 0.25) is 0 Å². The number of carbonyl (C=O) groups is 2. The summed E-state index contributed by atoms with van der Waals surface area (Å²) in [6.45, 7) is 5.26. The molecule has 0 spiro atoms. The highest BCUT2D eigenvalue weighted by Crippen LogP contribution is 2.32. The van der Waals surface area contributed by atoms with E-state index < -0.39 is 0 Å². The van der Waals surface area contributed by atoms with Crippen LogP contribution in [-0.2, 0) is 16.1 Å². The van der Waals surface area contributed by atoms with Crippen LogP contribution in [0.1, 0.15) is 31.2 Å². The zero-order chi connectivity index (χ0) is 18.6. The first-order valence-electron chi connectivity index (χ1n) is 9.90. The number of nitrogens with zero attached hydrogens (tertiary/aromatic N) is 3. The maximum atomic E-state index is 12.6. The largest absolute Gasteiger partial charge is 0.454 e. The normalized spacial score (nSPS) is 20.4. The minimum atomic E-state index is -0.334. The highest BCUT2D eigenvalue weighted by atomic mass is 16.7. The highest BCUT2D eigenvalue weighted by Gasteiger charge is 2.29. The molecule has 0 saturated carbocycles. The molecule has 4 rings (SSSR count). The molecule has 0 aromatic heterocycles. The van der Waals surface area contributed by atoms with Crippen LogP contribution in [-0.4, -0.2) is 72.6 Å². The number of benzene rings is 1. The zero-order valence-electron chi connectivity index (χ0n) is 15.7. The van der Waals surface area contributed by atoms with E-state index in [1.54, 1.807) is 9.80 Å². The molecule has 0 bridgehead atoms. The Morgan fingerprint density at radius 2 is 1.41 bits per heavy atom. The van der Waals surface area contributed by atoms with Gasteiger partial charge in [-0.2, -0.15) is 0 Å². The molecule has 27 heavy (non-hydrogen) atoms. The summed E-state index contributed by atoms with van der Waals surface area (Å²) >= 11 is 0. The van der Waals surface area contributed by atoms with Gasteiger partial charge in [-0.3, -0.25) is 14.5 Å². The van der Waals surface area contributed by atoms with Gasteiger partial charge in [0.15, 0.2) is 11.5 Å². The Hall–Kier alpha value is -2.28. The molecule has 3 heterocycles. The molecule has 2 fully saturated rings. The Kier molecular flexibility index (Phi) is 5.48. The van der Waals surface area contributed by atoms with E-state index in [-0.39, 0.29) is 18.6 Å². The van der Waals surface area contributed by atoms with Crippen LogP contribution in [0.25, 0.3) is 0 Å². The fraction of sp³-hybridized carbons (Fsp3) is 0.600. The first-order valence-corrected chi connectivity index (χ1v) is 9.90. The van der Waals surface area contributed by atoms with Gasteiger partial charge in [0.2, 0.25) is 6.79 Å². The second-order valence-corrected chi connectivity index (χ2v) is 7.46. The van der Waals surface area contributed by atoms with Gasteiger partial charge in [-0.1, -0.05) is 18.9 Å². The number of piperazine rings is 1. The second-order valence-electron chi connectivity index (χ2n) is 7.46. The maximum absolute atomic E-state index is 12.6. The summed E-state index contributed by atoms with van der Waals surface area (Å²) in [6.07, 6.45) is 4.30. The van der Waals surface area contributed by atoms with Gasteiger partial charge >= 0.3 is 11.8 Å². The molecule has 146 valence electrons. The van der Waals surface area contributed by atoms with Crippen molar-refractivity contribution >= 4 is 11.8 Å². The lowest BCUT2D eigenvalue weighted by Crippen LogP contribution is -2.53. The Balaban J connectivity index is 1.28. The Bertz CT molecular complexity index is 692. The highest BCUT2D eigenvalue weighted by molar-refractivity contribution is 6.34. The summed E-state index contributed by atoms with van der Waals surface area (Å²) in [6, 6.07) is 6.01. The van der Waals surface area contributed by atoms with Crippen molar-refractivity contribution in [3.8, 4) is 11.5 Å². The van der Waals surface area contributed by atoms with Crippen LogP contribution in [0.3, 0.4) is 0 Å². The number of rotatable bonds is 2. The summed E-state index contributed by atoms with van der Waals surface area (Å²) in [5.74, 6) is 0.936. The fourth-order valence-corrected chi connectivity index (χ4v) is 3.95. The Labute approximate surface area is 159 Å². The first kappa shape index (κ1) is 18.1. The average molecular weight is 373 g/mol. The summed E-state index contributed by atoms with van der Waals surface area (Å²) in [4.78, 5) is 30.9. The van der Waals surface area contributed by atoms with Gasteiger partial charge in [0, 0.05) is 45.8 Å². The lowest BCUT2D eigenvalue weighted by atomic mass is 10.1. The summed E-state index contributed by atoms with van der Waals surface area (Å²) in [5, 5.41) is 0. The molecule has 7 heteroatoms. The number of fused-ring (bicyclic) bond motifs is 1. The lowest BCUT2D eigenvalue weighted by molar-refractivity contribution is -0.152. The predicted molar refractivity (Wildman–Crippen MR) is 99.5 cm³/mol. The summed E-state index contributed by atoms with van der Waals surface area (Å²) in [7, 11) is 0. The van der Waals surface area contributed by atoms with Crippen LogP contribution in [0.15, 0.2) is 18.2 Å². The van der Waals surface area contributed by atoms with Gasteiger partial charge in [0.25, 0.3) is 0 Å². The summed E-state index contributed by atoms with van der Waals surface area (Å²) in [5.41, 5.74) is 1.17. The van der Waals surface area contributed by atoms with Gasteiger partial charge in [0.1, 0.15) is 0 Å². The van der Waals surface area contributed by atoms with Gasteiger partial charge < -0.3 is 19.3 Å². The lowest BCUT2D eigenvalue weighted by Gasteiger charge is -2.35. The molecular formula is C20H27N3O4. The molecule has 0 atom stereocenters. The predicted octanol–water partition coefficient (Wildman–Crippen LogP) is 1.46. The van der Waals surface area contributed by atoms with E-state index >= 15 is 0 Å². The Morgan fingerprint density at radius 1 is 0.778 bits per heavy atom. The SMILES string of the molecule is O=C(C(=O)N1CCN(Cc2ccc3c(c2)OCO3)CC1)N1CCCCCC1. The molecule has 1 aromatic rings. The van der Waals surface area contributed by atoms with Crippen molar-refractivity contribution in [2.75, 3.05) is 46.1 Å². The number of hydrogen-bond donors (Lipinski definition) is 0. The third-order valence-electron chi connectivity index (χ3n) is 5.58. The molecule has 1 aromatic carbocycles. The minimum Gasteiger partial charge on any atom is -0.454 e. The molecule has 7 nitrogen and oxygen atoms in total. The van der Waals surface area contributed by atoms with Crippen LogP contribution >= 0.6 is 0 Å². The van der Waals surface area contributed by atoms with E-state index in [1.165, 1.54) is 5.56 Å². The molecule has 3 aliphatic rings. The number of carbonyl (C=O) groups excluding carboxylic acids is 2. The van der Waals surface area contributed by atoms with Crippen LogP contribution < -0.4 is 9.47 Å². The van der Waals surface area contributed by atoms with Crippen molar-refractivity contribution in [1.29, 1.82) is 0 Å². The number of amides is 2. The van der Waals surface area contributed by atoms with Crippen molar-refractivity contribution in [3.05, 3.63) is 23.8 Å². The second kappa shape index (κ2) is 8.17. The van der Waals surface area contributed by atoms with Crippen LogP contribution in [0.4, 0.5) is 0 Å². The number of hydrogen-bond acceptors (Lipinski definition) is 5. The van der Waals surface area contributed by atoms with E-state index in [9.17, 15) is 9.59 Å². The molecule has 0 radical (unpaired) electrons. The fourth-order valence-electron chi connectivity index (χ4n) is 3.95. The number of ether oxygens (including phenoxy) is 2. The van der Waals surface area contributed by atoms with Crippen molar-refractivity contribution < 1.29 is 19.1 Å². The van der Waals surface area contributed by atoms with Crippen molar-refractivity contribution in [1.82, 2.24) is 14.7 Å². The minimum absolute atomic E-state index is 0.282. The monoisotopic (exact) mass is 373 g/mol. The quantitative estimate of drug-likeness (QED) is 0.735. The third-order valence-corrected chi connectivity index (χ3v) is 5.58. The standard InChI is InChI=1S/C20H27N3O4/c24-19(22-7-3-1-2-4-8-22)20(25)23-11-9-21(10-12-23)14-16-5-6-17-18(13-16)27-15-26-17/h5-6,13H,1-4,7-12,14-15H2. The van der Waals surface area contributed by atoms with E-state index in [4.69, 9.17) is 9.47 Å². The zero-order valence-corrected chi connectivity index (χ0v) is 15.7. The Morgan fingerprint density at radius 3 is 2.11 bits per heavy atom. The van der Waals surface area contributed by atoms with Gasteiger partial charge in [0.05, 0.1) is 0 Å². The van der Waals surface area contributed by atoms with Gasteiger partial charge in [-0.15, -0.1) is 0 Å². The third kappa shape index (κ3) is 4.18. The molecule has 2 saturated heterocycles. The summed E-state index contributed by atoms with van der Waals surface area (Å²) < 4.78 is 10.8. The van der Waals surface area contributed by atoms with Crippen LogP contribution in [0.5, 0.6) is 11.5 Å². The van der Waals surface area contributed by atoms with Crippen molar-refractivity contribution in [2.45, 2.75) is 32.2 Å². The molecule has 0 N–H and O–H groups in total. The van der Waals surface area contributed by atoms with E-state index in [1.807, 2.05) is 18.2 Å². The number of likely N-dealkylation sites (tertiary alicyclic amines) is 1. The van der Waals surface area contributed by atoms with E-state index in [2.05, 4.69) is 4.90 Å². The van der Waals surface area contributed by atoms with Crippen molar-refractivity contribution in [2.24, 2.45) is 0 Å². The van der Waals surface area contributed by atoms with Crippen LogP contribution in [0, 0.1) is 0 Å². The van der Waals surface area contributed by atoms with Gasteiger partial charge in [-0.05, 0) is 30.5 Å². The molecule has 3 aliphatic heterocycles. The average Bonchev–Trinajstić information content (AvgIpc) is 2.99. The molecular weight excluding hydrogens is 346 g/mol. The first-order chi connectivity index (χ1) is 13.2. The maximum Gasteiger partial charge on any atom is 0.312 e. The smallest absolute Gasteiger partial charge is 0.312 e. The van der Waals surface area contributed by atoms with E-state index in [0.717, 1.165) is 56.8 Å². The topological polar surface area (TPSA) is 62.3 Å². The molecule has 0 unspecified atom stereocenters. The molecule has 0 aliphatic carbocycles. The molecule has 2 amide bonds. The van der Waals surface area contributed by atoms with Gasteiger partial charge in [-0.25, -0.2) is 0 Å².